The summed E-state index contributed by atoms with van der Waals surface area (Å²) in [6.07, 6.45) is 2.40. The van der Waals surface area contributed by atoms with Crippen molar-refractivity contribution in [3.8, 4) is 17.0 Å². The number of para-hydroxylation sites is 1. The van der Waals surface area contributed by atoms with Crippen molar-refractivity contribution in [2.75, 3.05) is 17.7 Å². The first-order chi connectivity index (χ1) is 15.5. The average molecular weight is 470 g/mol. The molecule has 2 N–H and O–H groups in total. The van der Waals surface area contributed by atoms with Crippen LogP contribution >= 0.6 is 23.1 Å². The van der Waals surface area contributed by atoms with Crippen LogP contribution in [0.1, 0.15) is 33.1 Å². The monoisotopic (exact) mass is 469 g/mol. The van der Waals surface area contributed by atoms with Gasteiger partial charge >= 0.3 is 0 Å². The maximum Gasteiger partial charge on any atom is 0.239 e. The predicted molar refractivity (Wildman–Crippen MR) is 133 cm³/mol. The first-order valence-electron chi connectivity index (χ1n) is 10.5. The predicted octanol–water partition coefficient (Wildman–Crippen LogP) is 6.07. The normalized spacial score (nSPS) is 11.6. The van der Waals surface area contributed by atoms with E-state index in [1.54, 1.807) is 7.11 Å². The molecule has 2 aromatic carbocycles. The molecule has 0 saturated heterocycles. The zero-order valence-corrected chi connectivity index (χ0v) is 20.0. The van der Waals surface area contributed by atoms with Crippen LogP contribution in [0, 0.1) is 0 Å². The molecule has 1 aromatic heterocycles. The minimum absolute atomic E-state index is 0.0240. The number of amides is 2. The van der Waals surface area contributed by atoms with Crippen LogP contribution in [-0.2, 0) is 9.59 Å². The molecule has 0 spiro atoms. The van der Waals surface area contributed by atoms with Gasteiger partial charge in [-0.25, -0.2) is 4.98 Å². The van der Waals surface area contributed by atoms with E-state index in [1.165, 1.54) is 23.1 Å². The molecule has 3 rings (SSSR count). The molecule has 0 radical (unpaired) electrons. The number of ether oxygens (including phenoxy) is 1. The highest BCUT2D eigenvalue weighted by atomic mass is 32.2. The van der Waals surface area contributed by atoms with Gasteiger partial charge in [0.05, 0.1) is 18.1 Å². The molecule has 0 aliphatic heterocycles. The third-order valence-corrected chi connectivity index (χ3v) is 6.56. The summed E-state index contributed by atoms with van der Waals surface area (Å²) in [7, 11) is 1.62. The fourth-order valence-electron chi connectivity index (χ4n) is 2.95. The van der Waals surface area contributed by atoms with Crippen molar-refractivity contribution < 1.29 is 14.3 Å². The molecule has 2 amide bonds. The molecule has 1 unspecified atom stereocenters. The Morgan fingerprint density at radius 3 is 2.59 bits per heavy atom. The highest BCUT2D eigenvalue weighted by Crippen LogP contribution is 2.32. The molecule has 1 atom stereocenters. The van der Waals surface area contributed by atoms with Crippen LogP contribution in [0.3, 0.4) is 0 Å². The zero-order chi connectivity index (χ0) is 22.9. The van der Waals surface area contributed by atoms with Gasteiger partial charge in [0.15, 0.2) is 5.13 Å². The summed E-state index contributed by atoms with van der Waals surface area (Å²) in [6.45, 7) is 3.92. The summed E-state index contributed by atoms with van der Waals surface area (Å²) < 4.78 is 5.39. The number of anilines is 2. The van der Waals surface area contributed by atoms with E-state index in [9.17, 15) is 9.59 Å². The second-order valence-corrected chi connectivity index (χ2v) is 9.44. The number of methoxy groups -OCH3 is 1. The molecule has 0 bridgehead atoms. The molecule has 0 fully saturated rings. The van der Waals surface area contributed by atoms with Crippen LogP contribution in [0.2, 0.25) is 0 Å². The van der Waals surface area contributed by atoms with E-state index >= 15 is 0 Å². The number of hydrogen-bond donors (Lipinski definition) is 2. The highest BCUT2D eigenvalue weighted by molar-refractivity contribution is 8.00. The lowest BCUT2D eigenvalue weighted by atomic mass is 10.1. The molecular formula is C24H27N3O3S2. The number of nitrogens with zero attached hydrogens (tertiary/aromatic N) is 1. The first-order valence-corrected chi connectivity index (χ1v) is 12.2. The van der Waals surface area contributed by atoms with Gasteiger partial charge in [0.25, 0.3) is 0 Å². The molecule has 8 heteroatoms. The van der Waals surface area contributed by atoms with E-state index in [0.29, 0.717) is 11.6 Å². The van der Waals surface area contributed by atoms with Crippen LogP contribution in [0.25, 0.3) is 11.3 Å². The fourth-order valence-corrected chi connectivity index (χ4v) is 4.53. The van der Waals surface area contributed by atoms with Gasteiger partial charge in [-0.15, -0.1) is 23.1 Å². The standard InChI is InChI=1S/C24H27N3O3S2/c1-4-5-10-22(28)25-17-11-13-18(14-12-17)32-16(2)23(29)27-24-26-20(15-31-24)19-8-6-7-9-21(19)30-3/h6-9,11-16H,4-5,10H2,1-3H3,(H,25,28)(H,26,27,29). The van der Waals surface area contributed by atoms with Gasteiger partial charge in [-0.3, -0.25) is 9.59 Å². The topological polar surface area (TPSA) is 80.3 Å². The Hall–Kier alpha value is -2.84. The molecule has 32 heavy (non-hydrogen) atoms. The SMILES string of the molecule is CCCCC(=O)Nc1ccc(SC(C)C(=O)Nc2nc(-c3ccccc3OC)cs2)cc1. The summed E-state index contributed by atoms with van der Waals surface area (Å²) in [5, 5.41) is 7.93. The molecule has 168 valence electrons. The summed E-state index contributed by atoms with van der Waals surface area (Å²) >= 11 is 2.83. The summed E-state index contributed by atoms with van der Waals surface area (Å²) in [5.41, 5.74) is 2.41. The minimum Gasteiger partial charge on any atom is -0.496 e. The van der Waals surface area contributed by atoms with Crippen molar-refractivity contribution in [1.82, 2.24) is 4.98 Å². The average Bonchev–Trinajstić information content (AvgIpc) is 3.27. The molecule has 0 saturated carbocycles. The zero-order valence-electron chi connectivity index (χ0n) is 18.4. The van der Waals surface area contributed by atoms with Crippen molar-refractivity contribution >= 4 is 45.7 Å². The van der Waals surface area contributed by atoms with Crippen LogP contribution in [-0.4, -0.2) is 29.2 Å². The number of thioether (sulfide) groups is 1. The van der Waals surface area contributed by atoms with E-state index in [-0.39, 0.29) is 17.1 Å². The Bertz CT molecular complexity index is 1050. The van der Waals surface area contributed by atoms with Crippen molar-refractivity contribution in [1.29, 1.82) is 0 Å². The highest BCUT2D eigenvalue weighted by Gasteiger charge is 2.17. The van der Waals surface area contributed by atoms with Crippen LogP contribution < -0.4 is 15.4 Å². The number of carbonyl (C=O) groups is 2. The third kappa shape index (κ3) is 6.58. The molecular weight excluding hydrogens is 442 g/mol. The maximum absolute atomic E-state index is 12.7. The van der Waals surface area contributed by atoms with Crippen LogP contribution in [0.4, 0.5) is 10.8 Å². The Kier molecular flexibility index (Phi) is 8.70. The lowest BCUT2D eigenvalue weighted by Gasteiger charge is -2.11. The van der Waals surface area contributed by atoms with Gasteiger partial charge in [-0.2, -0.15) is 0 Å². The Morgan fingerprint density at radius 2 is 1.88 bits per heavy atom. The van der Waals surface area contributed by atoms with Gasteiger partial charge in [0.1, 0.15) is 5.75 Å². The minimum atomic E-state index is -0.307. The molecule has 0 aliphatic carbocycles. The smallest absolute Gasteiger partial charge is 0.239 e. The fraction of sp³-hybridized carbons (Fsp3) is 0.292. The van der Waals surface area contributed by atoms with Gasteiger partial charge in [0, 0.05) is 27.9 Å². The van der Waals surface area contributed by atoms with E-state index in [0.717, 1.165) is 40.4 Å². The van der Waals surface area contributed by atoms with Gasteiger partial charge in [-0.05, 0) is 49.7 Å². The molecule has 0 aliphatic rings. The van der Waals surface area contributed by atoms with E-state index in [1.807, 2.05) is 60.8 Å². The van der Waals surface area contributed by atoms with E-state index < -0.39 is 0 Å². The molecule has 3 aromatic rings. The number of rotatable bonds is 10. The van der Waals surface area contributed by atoms with Crippen molar-refractivity contribution in [2.24, 2.45) is 0 Å². The molecule has 1 heterocycles. The van der Waals surface area contributed by atoms with Gasteiger partial charge in [0.2, 0.25) is 11.8 Å². The van der Waals surface area contributed by atoms with Gasteiger partial charge < -0.3 is 15.4 Å². The summed E-state index contributed by atoms with van der Waals surface area (Å²) in [6, 6.07) is 15.2. The number of benzene rings is 2. The number of carbonyl (C=O) groups excluding carboxylic acids is 2. The first kappa shape index (κ1) is 23.8. The lowest BCUT2D eigenvalue weighted by Crippen LogP contribution is -2.22. The largest absolute Gasteiger partial charge is 0.496 e. The number of unbranched alkanes of at least 4 members (excludes halogenated alkanes) is 1. The number of aromatic nitrogens is 1. The quantitative estimate of drug-likeness (QED) is 0.352. The van der Waals surface area contributed by atoms with E-state index in [4.69, 9.17) is 4.74 Å². The summed E-state index contributed by atoms with van der Waals surface area (Å²) in [4.78, 5) is 30.0. The third-order valence-electron chi connectivity index (χ3n) is 4.69. The lowest BCUT2D eigenvalue weighted by molar-refractivity contribution is -0.116. The number of thiazole rings is 1. The Labute approximate surface area is 196 Å². The Morgan fingerprint density at radius 1 is 1.12 bits per heavy atom. The Balaban J connectivity index is 1.55. The number of nitrogens with one attached hydrogen (secondary N) is 2. The maximum atomic E-state index is 12.7. The van der Waals surface area contributed by atoms with Crippen molar-refractivity contribution in [2.45, 2.75) is 43.3 Å². The van der Waals surface area contributed by atoms with E-state index in [2.05, 4.69) is 22.5 Å². The van der Waals surface area contributed by atoms with Crippen LogP contribution in [0.5, 0.6) is 5.75 Å². The van der Waals surface area contributed by atoms with Gasteiger partial charge in [-0.1, -0.05) is 25.5 Å². The van der Waals surface area contributed by atoms with Crippen molar-refractivity contribution in [3.63, 3.8) is 0 Å². The second-order valence-electron chi connectivity index (χ2n) is 7.16. The second kappa shape index (κ2) is 11.7. The molecule has 6 nitrogen and oxygen atoms in total. The van der Waals surface area contributed by atoms with Crippen molar-refractivity contribution in [3.05, 3.63) is 53.9 Å². The number of hydrogen-bond acceptors (Lipinski definition) is 6. The summed E-state index contributed by atoms with van der Waals surface area (Å²) in [5.74, 6) is 0.647. The van der Waals surface area contributed by atoms with Crippen LogP contribution in [0.15, 0.2) is 58.8 Å².